The van der Waals surface area contributed by atoms with Crippen LogP contribution in [0, 0.1) is 5.92 Å². The van der Waals surface area contributed by atoms with Crippen LogP contribution in [0.15, 0.2) is 54.6 Å². The van der Waals surface area contributed by atoms with E-state index < -0.39 is 0 Å². The average Bonchev–Trinajstić information content (AvgIpc) is 2.62. The minimum absolute atomic E-state index is 0.0639. The quantitative estimate of drug-likeness (QED) is 0.876. The summed E-state index contributed by atoms with van der Waals surface area (Å²) in [5.74, 6) is 0.350. The molecular formula is C20H26N2O. The predicted octanol–water partition coefficient (Wildman–Crippen LogP) is 3.95. The zero-order chi connectivity index (χ0) is 16.8. The van der Waals surface area contributed by atoms with Crippen LogP contribution in [-0.4, -0.2) is 26.0 Å². The van der Waals surface area contributed by atoms with Crippen LogP contribution in [0.1, 0.15) is 20.3 Å². The summed E-state index contributed by atoms with van der Waals surface area (Å²) in [6.07, 6.45) is 0.963. The molecule has 3 nitrogen and oxygen atoms in total. The lowest BCUT2D eigenvalue weighted by Gasteiger charge is -2.32. The molecule has 0 aromatic heterocycles. The molecule has 1 N–H and O–H groups in total. The van der Waals surface area contributed by atoms with E-state index in [9.17, 15) is 4.79 Å². The van der Waals surface area contributed by atoms with Gasteiger partial charge in [-0.25, -0.2) is 0 Å². The molecule has 0 saturated carbocycles. The van der Waals surface area contributed by atoms with Crippen LogP contribution >= 0.6 is 0 Å². The zero-order valence-corrected chi connectivity index (χ0v) is 14.4. The Bertz CT molecular complexity index is 622. The van der Waals surface area contributed by atoms with Crippen molar-refractivity contribution >= 4 is 11.6 Å². The fourth-order valence-electron chi connectivity index (χ4n) is 2.87. The van der Waals surface area contributed by atoms with Gasteiger partial charge in [0.2, 0.25) is 5.91 Å². The molecule has 2 atom stereocenters. The van der Waals surface area contributed by atoms with Gasteiger partial charge in [-0.2, -0.15) is 0 Å². The van der Waals surface area contributed by atoms with Crippen molar-refractivity contribution in [2.75, 3.05) is 19.0 Å². The molecule has 0 aliphatic carbocycles. The van der Waals surface area contributed by atoms with Crippen molar-refractivity contribution in [1.29, 1.82) is 0 Å². The molecule has 3 heteroatoms. The van der Waals surface area contributed by atoms with Crippen molar-refractivity contribution in [2.24, 2.45) is 5.92 Å². The van der Waals surface area contributed by atoms with E-state index in [2.05, 4.69) is 60.5 Å². The van der Waals surface area contributed by atoms with Gasteiger partial charge in [-0.3, -0.25) is 4.79 Å². The Labute approximate surface area is 139 Å². The molecule has 0 heterocycles. The first-order chi connectivity index (χ1) is 11.1. The third-order valence-electron chi connectivity index (χ3n) is 4.50. The van der Waals surface area contributed by atoms with Gasteiger partial charge < -0.3 is 10.2 Å². The topological polar surface area (TPSA) is 32.3 Å². The van der Waals surface area contributed by atoms with Crippen molar-refractivity contribution in [1.82, 2.24) is 5.32 Å². The van der Waals surface area contributed by atoms with Crippen molar-refractivity contribution in [2.45, 2.75) is 26.3 Å². The standard InChI is InChI=1S/C20H26N2O/c1-5-15(2)19(20(23)21-3)22(4)18-13-11-17(12-14-18)16-9-7-6-8-10-16/h6-15,19H,5H2,1-4H3,(H,21,23)/t15-,19-/m0/s1. The normalized spacial score (nSPS) is 13.2. The van der Waals surface area contributed by atoms with E-state index in [-0.39, 0.29) is 17.9 Å². The summed E-state index contributed by atoms with van der Waals surface area (Å²) in [6, 6.07) is 18.5. The van der Waals surface area contributed by atoms with Crippen molar-refractivity contribution in [3.05, 3.63) is 54.6 Å². The Kier molecular flexibility index (Phi) is 5.80. The Morgan fingerprint density at radius 3 is 2.13 bits per heavy atom. The summed E-state index contributed by atoms with van der Waals surface area (Å²) in [5, 5.41) is 2.79. The average molecular weight is 310 g/mol. The van der Waals surface area contributed by atoms with E-state index in [0.717, 1.165) is 12.1 Å². The van der Waals surface area contributed by atoms with Crippen LogP contribution in [0.2, 0.25) is 0 Å². The second kappa shape index (κ2) is 7.82. The molecule has 0 aliphatic heterocycles. The van der Waals surface area contributed by atoms with Crippen LogP contribution in [-0.2, 0) is 4.79 Å². The van der Waals surface area contributed by atoms with E-state index in [1.54, 1.807) is 7.05 Å². The molecular weight excluding hydrogens is 284 g/mol. The molecule has 2 aromatic carbocycles. The molecule has 2 aromatic rings. The molecule has 0 spiro atoms. The fraction of sp³-hybridized carbons (Fsp3) is 0.350. The molecule has 1 amide bonds. The number of amides is 1. The van der Waals surface area contributed by atoms with Crippen molar-refractivity contribution < 1.29 is 4.79 Å². The first-order valence-electron chi connectivity index (χ1n) is 8.18. The van der Waals surface area contributed by atoms with Crippen LogP contribution in [0.5, 0.6) is 0 Å². The van der Waals surface area contributed by atoms with Gasteiger partial charge in [0.1, 0.15) is 6.04 Å². The summed E-state index contributed by atoms with van der Waals surface area (Å²) in [5.41, 5.74) is 3.44. The van der Waals surface area contributed by atoms with E-state index in [0.29, 0.717) is 0 Å². The van der Waals surface area contributed by atoms with Crippen LogP contribution in [0.4, 0.5) is 5.69 Å². The lowest BCUT2D eigenvalue weighted by atomic mass is 9.96. The minimum Gasteiger partial charge on any atom is -0.362 e. The van der Waals surface area contributed by atoms with E-state index in [1.807, 2.05) is 25.2 Å². The SMILES string of the molecule is CC[C@H](C)[C@@H](C(=O)NC)N(C)c1ccc(-c2ccccc2)cc1. The number of likely N-dealkylation sites (N-methyl/N-ethyl adjacent to an activating group) is 2. The summed E-state index contributed by atoms with van der Waals surface area (Å²) < 4.78 is 0. The third-order valence-corrected chi connectivity index (χ3v) is 4.50. The predicted molar refractivity (Wildman–Crippen MR) is 97.6 cm³/mol. The highest BCUT2D eigenvalue weighted by atomic mass is 16.2. The second-order valence-corrected chi connectivity index (χ2v) is 5.97. The van der Waals surface area contributed by atoms with Gasteiger partial charge in [0, 0.05) is 19.8 Å². The van der Waals surface area contributed by atoms with Gasteiger partial charge in [0.05, 0.1) is 0 Å². The number of anilines is 1. The first-order valence-corrected chi connectivity index (χ1v) is 8.18. The van der Waals surface area contributed by atoms with E-state index >= 15 is 0 Å². The summed E-state index contributed by atoms with van der Waals surface area (Å²) in [7, 11) is 3.69. The molecule has 2 rings (SSSR count). The Morgan fingerprint density at radius 1 is 1.04 bits per heavy atom. The maximum absolute atomic E-state index is 12.3. The van der Waals surface area contributed by atoms with Crippen molar-refractivity contribution in [3.8, 4) is 11.1 Å². The van der Waals surface area contributed by atoms with Gasteiger partial charge in [0.25, 0.3) is 0 Å². The van der Waals surface area contributed by atoms with Gasteiger partial charge >= 0.3 is 0 Å². The highest BCUT2D eigenvalue weighted by molar-refractivity contribution is 5.85. The molecule has 0 aliphatic rings. The van der Waals surface area contributed by atoms with Gasteiger partial charge in [0.15, 0.2) is 0 Å². The second-order valence-electron chi connectivity index (χ2n) is 5.97. The first kappa shape index (κ1) is 17.1. The van der Waals surface area contributed by atoms with E-state index in [4.69, 9.17) is 0 Å². The minimum atomic E-state index is -0.160. The lowest BCUT2D eigenvalue weighted by Crippen LogP contribution is -2.48. The number of hydrogen-bond donors (Lipinski definition) is 1. The molecule has 0 bridgehead atoms. The molecule has 0 saturated heterocycles. The fourth-order valence-corrected chi connectivity index (χ4v) is 2.87. The zero-order valence-electron chi connectivity index (χ0n) is 14.4. The van der Waals surface area contributed by atoms with Crippen molar-refractivity contribution in [3.63, 3.8) is 0 Å². The van der Waals surface area contributed by atoms with Gasteiger partial charge in [-0.1, -0.05) is 62.7 Å². The largest absolute Gasteiger partial charge is 0.362 e. The van der Waals surface area contributed by atoms with E-state index in [1.165, 1.54) is 11.1 Å². The van der Waals surface area contributed by atoms with Gasteiger partial charge in [-0.05, 0) is 29.2 Å². The van der Waals surface area contributed by atoms with Crippen LogP contribution in [0.3, 0.4) is 0 Å². The molecule has 122 valence electrons. The molecule has 0 radical (unpaired) electrons. The number of nitrogens with one attached hydrogen (secondary N) is 1. The highest BCUT2D eigenvalue weighted by Crippen LogP contribution is 2.25. The van der Waals surface area contributed by atoms with Crippen LogP contribution in [0.25, 0.3) is 11.1 Å². The monoisotopic (exact) mass is 310 g/mol. The maximum Gasteiger partial charge on any atom is 0.242 e. The summed E-state index contributed by atoms with van der Waals surface area (Å²) in [4.78, 5) is 14.3. The summed E-state index contributed by atoms with van der Waals surface area (Å²) >= 11 is 0. The van der Waals surface area contributed by atoms with Crippen LogP contribution < -0.4 is 10.2 Å². The molecule has 0 unspecified atom stereocenters. The molecule has 0 fully saturated rings. The summed E-state index contributed by atoms with van der Waals surface area (Å²) in [6.45, 7) is 4.24. The third kappa shape index (κ3) is 3.92. The lowest BCUT2D eigenvalue weighted by molar-refractivity contribution is -0.122. The highest BCUT2D eigenvalue weighted by Gasteiger charge is 2.27. The number of benzene rings is 2. The smallest absolute Gasteiger partial charge is 0.242 e. The Balaban J connectivity index is 2.24. The Hall–Kier alpha value is -2.29. The maximum atomic E-state index is 12.3. The number of nitrogens with zero attached hydrogens (tertiary/aromatic N) is 1. The Morgan fingerprint density at radius 2 is 1.61 bits per heavy atom. The molecule has 23 heavy (non-hydrogen) atoms. The van der Waals surface area contributed by atoms with Gasteiger partial charge in [-0.15, -0.1) is 0 Å². The number of carbonyl (C=O) groups excluding carboxylic acids is 1. The number of carbonyl (C=O) groups is 1. The number of rotatable bonds is 6. The number of hydrogen-bond acceptors (Lipinski definition) is 2.